The van der Waals surface area contributed by atoms with Crippen LogP contribution in [-0.2, 0) is 9.47 Å². The summed E-state index contributed by atoms with van der Waals surface area (Å²) in [6.45, 7) is 16.3. The first kappa shape index (κ1) is 26.3. The van der Waals surface area contributed by atoms with Crippen LogP contribution < -0.4 is 9.80 Å². The Morgan fingerprint density at radius 1 is 0.970 bits per heavy atom. The predicted octanol–water partition coefficient (Wildman–Crippen LogP) is 5.39. The molecular weight excluding hydrogens is 410 g/mol. The smallest absolute Gasteiger partial charge is 0.0637 e. The number of nitrogens with zero attached hydrogens (tertiary/aromatic N) is 3. The first-order chi connectivity index (χ1) is 16.0. The van der Waals surface area contributed by atoms with Crippen LogP contribution in [-0.4, -0.2) is 78.1 Å². The SMILES string of the molecule is CCCCN1CCN(c2ccc(N(CCOC)CCOC)cc2C2CCC(C)(C)CC2)CC1. The molecule has 3 rings (SSSR count). The third kappa shape index (κ3) is 7.60. The molecular formula is C28H49N3O2. The molecule has 0 amide bonds. The zero-order valence-corrected chi connectivity index (χ0v) is 22.1. The summed E-state index contributed by atoms with van der Waals surface area (Å²) in [6, 6.07) is 7.26. The molecule has 1 saturated heterocycles. The quantitative estimate of drug-likeness (QED) is 0.418. The van der Waals surface area contributed by atoms with Gasteiger partial charge in [0.25, 0.3) is 0 Å². The molecule has 1 aliphatic heterocycles. The van der Waals surface area contributed by atoms with Gasteiger partial charge in [-0.05, 0) is 73.7 Å². The van der Waals surface area contributed by atoms with Gasteiger partial charge in [-0.1, -0.05) is 27.2 Å². The number of piperazine rings is 1. The van der Waals surface area contributed by atoms with Gasteiger partial charge < -0.3 is 19.3 Å². The molecule has 0 N–H and O–H groups in total. The Bertz CT molecular complexity index is 682. The number of hydrogen-bond acceptors (Lipinski definition) is 5. The van der Waals surface area contributed by atoms with Gasteiger partial charge in [0.15, 0.2) is 0 Å². The second-order valence-corrected chi connectivity index (χ2v) is 10.8. The van der Waals surface area contributed by atoms with Crippen LogP contribution in [0.4, 0.5) is 11.4 Å². The van der Waals surface area contributed by atoms with E-state index in [4.69, 9.17) is 9.47 Å². The highest BCUT2D eigenvalue weighted by Gasteiger charge is 2.30. The summed E-state index contributed by atoms with van der Waals surface area (Å²) >= 11 is 0. The predicted molar refractivity (Wildman–Crippen MR) is 141 cm³/mol. The van der Waals surface area contributed by atoms with E-state index >= 15 is 0 Å². The van der Waals surface area contributed by atoms with Crippen molar-refractivity contribution in [2.24, 2.45) is 5.41 Å². The molecule has 0 radical (unpaired) electrons. The molecule has 1 saturated carbocycles. The molecule has 1 aromatic rings. The van der Waals surface area contributed by atoms with Gasteiger partial charge in [0.2, 0.25) is 0 Å². The normalized spacial score (nSPS) is 19.7. The van der Waals surface area contributed by atoms with Crippen molar-refractivity contribution in [3.05, 3.63) is 23.8 Å². The van der Waals surface area contributed by atoms with Crippen LogP contribution in [0.2, 0.25) is 0 Å². The Morgan fingerprint density at radius 2 is 1.61 bits per heavy atom. The van der Waals surface area contributed by atoms with Gasteiger partial charge in [0.1, 0.15) is 0 Å². The lowest BCUT2D eigenvalue weighted by Gasteiger charge is -2.40. The van der Waals surface area contributed by atoms with E-state index in [0.717, 1.165) is 39.4 Å². The van der Waals surface area contributed by atoms with E-state index in [1.165, 1.54) is 69.5 Å². The molecule has 1 aliphatic carbocycles. The highest BCUT2D eigenvalue weighted by Crippen LogP contribution is 2.45. The van der Waals surface area contributed by atoms with Crippen molar-refractivity contribution in [1.29, 1.82) is 0 Å². The molecule has 1 heterocycles. The fourth-order valence-electron chi connectivity index (χ4n) is 5.43. The standard InChI is InChI=1S/C28H49N3O2/c1-6-7-14-29-15-17-31(18-16-29)27-9-8-25(30(19-21-32-4)20-22-33-5)23-26(27)24-10-12-28(2,3)13-11-24/h8-9,23-24H,6-7,10-22H2,1-5H3. The monoisotopic (exact) mass is 459 g/mol. The van der Waals surface area contributed by atoms with Gasteiger partial charge >= 0.3 is 0 Å². The second kappa shape index (κ2) is 13.0. The second-order valence-electron chi connectivity index (χ2n) is 10.8. The number of unbranched alkanes of at least 4 members (excludes halogenated alkanes) is 1. The number of methoxy groups -OCH3 is 2. The Hall–Kier alpha value is -1.30. The highest BCUT2D eigenvalue weighted by molar-refractivity contribution is 5.63. The number of benzene rings is 1. The van der Waals surface area contributed by atoms with E-state index in [1.54, 1.807) is 19.8 Å². The molecule has 5 heteroatoms. The lowest BCUT2D eigenvalue weighted by molar-refractivity contribution is 0.190. The summed E-state index contributed by atoms with van der Waals surface area (Å²) in [4.78, 5) is 7.74. The van der Waals surface area contributed by atoms with Gasteiger partial charge in [-0.25, -0.2) is 0 Å². The minimum atomic E-state index is 0.488. The maximum atomic E-state index is 5.40. The molecule has 2 aliphatic rings. The lowest BCUT2D eigenvalue weighted by Crippen LogP contribution is -2.47. The maximum Gasteiger partial charge on any atom is 0.0637 e. The van der Waals surface area contributed by atoms with E-state index in [2.05, 4.69) is 53.7 Å². The third-order valence-electron chi connectivity index (χ3n) is 7.83. The van der Waals surface area contributed by atoms with Gasteiger partial charge in [-0.15, -0.1) is 0 Å². The molecule has 0 unspecified atom stereocenters. The lowest BCUT2D eigenvalue weighted by atomic mass is 9.71. The molecule has 2 fully saturated rings. The Kier molecular flexibility index (Phi) is 10.3. The van der Waals surface area contributed by atoms with Crippen LogP contribution in [0.15, 0.2) is 18.2 Å². The molecule has 0 atom stereocenters. The van der Waals surface area contributed by atoms with Gasteiger partial charge in [0.05, 0.1) is 13.2 Å². The van der Waals surface area contributed by atoms with Crippen LogP contribution in [0.25, 0.3) is 0 Å². The first-order valence-corrected chi connectivity index (χ1v) is 13.3. The summed E-state index contributed by atoms with van der Waals surface area (Å²) in [6.07, 6.45) is 7.85. The highest BCUT2D eigenvalue weighted by atomic mass is 16.5. The number of ether oxygens (including phenoxy) is 2. The summed E-state index contributed by atoms with van der Waals surface area (Å²) < 4.78 is 10.8. The molecule has 188 valence electrons. The number of anilines is 2. The van der Waals surface area contributed by atoms with E-state index in [1.807, 2.05) is 0 Å². The molecule has 1 aromatic carbocycles. The Balaban J connectivity index is 1.82. The number of hydrogen-bond donors (Lipinski definition) is 0. The Morgan fingerprint density at radius 3 is 2.18 bits per heavy atom. The van der Waals surface area contributed by atoms with E-state index in [9.17, 15) is 0 Å². The Labute approximate surface area is 203 Å². The topological polar surface area (TPSA) is 28.2 Å². The number of rotatable bonds is 12. The first-order valence-electron chi connectivity index (χ1n) is 13.3. The summed E-state index contributed by atoms with van der Waals surface area (Å²) in [5.74, 6) is 0.665. The van der Waals surface area contributed by atoms with Crippen LogP contribution >= 0.6 is 0 Å². The maximum absolute atomic E-state index is 5.40. The summed E-state index contributed by atoms with van der Waals surface area (Å²) in [7, 11) is 3.57. The summed E-state index contributed by atoms with van der Waals surface area (Å²) in [5.41, 5.74) is 4.86. The van der Waals surface area contributed by atoms with E-state index in [0.29, 0.717) is 11.3 Å². The van der Waals surface area contributed by atoms with Crippen molar-refractivity contribution in [3.63, 3.8) is 0 Å². The van der Waals surface area contributed by atoms with Crippen molar-refractivity contribution in [2.75, 3.05) is 83.0 Å². The fraction of sp³-hybridized carbons (Fsp3) is 0.786. The summed E-state index contributed by atoms with van der Waals surface area (Å²) in [5, 5.41) is 0. The van der Waals surface area contributed by atoms with Crippen LogP contribution in [0.5, 0.6) is 0 Å². The zero-order valence-electron chi connectivity index (χ0n) is 22.1. The molecule has 5 nitrogen and oxygen atoms in total. The fourth-order valence-corrected chi connectivity index (χ4v) is 5.43. The van der Waals surface area contributed by atoms with Crippen molar-refractivity contribution < 1.29 is 9.47 Å². The average Bonchev–Trinajstić information content (AvgIpc) is 2.83. The van der Waals surface area contributed by atoms with Gasteiger partial charge in [-0.3, -0.25) is 4.90 Å². The van der Waals surface area contributed by atoms with E-state index < -0.39 is 0 Å². The third-order valence-corrected chi connectivity index (χ3v) is 7.83. The van der Waals surface area contributed by atoms with Crippen LogP contribution in [0, 0.1) is 5.41 Å². The minimum Gasteiger partial charge on any atom is -0.383 e. The van der Waals surface area contributed by atoms with Crippen LogP contribution in [0.1, 0.15) is 70.8 Å². The molecule has 33 heavy (non-hydrogen) atoms. The molecule has 0 bridgehead atoms. The zero-order chi connectivity index (χ0) is 23.7. The largest absolute Gasteiger partial charge is 0.383 e. The van der Waals surface area contributed by atoms with Crippen molar-refractivity contribution in [3.8, 4) is 0 Å². The minimum absolute atomic E-state index is 0.488. The van der Waals surface area contributed by atoms with E-state index in [-0.39, 0.29) is 0 Å². The average molecular weight is 460 g/mol. The molecule has 0 aromatic heterocycles. The van der Waals surface area contributed by atoms with Crippen LogP contribution in [0.3, 0.4) is 0 Å². The van der Waals surface area contributed by atoms with Crippen molar-refractivity contribution in [2.45, 2.75) is 65.2 Å². The van der Waals surface area contributed by atoms with Gasteiger partial charge in [-0.2, -0.15) is 0 Å². The van der Waals surface area contributed by atoms with Crippen molar-refractivity contribution >= 4 is 11.4 Å². The van der Waals surface area contributed by atoms with Gasteiger partial charge in [0, 0.05) is 64.9 Å². The van der Waals surface area contributed by atoms with Crippen molar-refractivity contribution in [1.82, 2.24) is 4.90 Å². The molecule has 0 spiro atoms.